The normalized spacial score (nSPS) is 14.2. The van der Waals surface area contributed by atoms with E-state index in [0.717, 1.165) is 33.0 Å². The van der Waals surface area contributed by atoms with Gasteiger partial charge in [-0.05, 0) is 74.5 Å². The third kappa shape index (κ3) is 4.53. The van der Waals surface area contributed by atoms with E-state index < -0.39 is 0 Å². The van der Waals surface area contributed by atoms with E-state index in [4.69, 9.17) is 4.74 Å². The van der Waals surface area contributed by atoms with Gasteiger partial charge in [0.1, 0.15) is 12.4 Å². The molecule has 1 aliphatic carbocycles. The van der Waals surface area contributed by atoms with Crippen LogP contribution in [-0.4, -0.2) is 11.0 Å². The molecule has 5 heteroatoms. The van der Waals surface area contributed by atoms with E-state index in [2.05, 4.69) is 54.3 Å². The second-order valence-electron chi connectivity index (χ2n) is 5.18. The molecule has 1 aromatic carbocycles. The van der Waals surface area contributed by atoms with Crippen molar-refractivity contribution in [2.24, 2.45) is 0 Å². The van der Waals surface area contributed by atoms with Crippen molar-refractivity contribution >= 4 is 31.9 Å². The third-order valence-electron chi connectivity index (χ3n) is 3.33. The Morgan fingerprint density at radius 1 is 1.19 bits per heavy atom. The number of nitrogens with one attached hydrogen (secondary N) is 1. The van der Waals surface area contributed by atoms with E-state index >= 15 is 0 Å². The molecule has 3 rings (SSSR count). The lowest BCUT2D eigenvalue weighted by molar-refractivity contribution is 0.299. The second kappa shape index (κ2) is 6.90. The fourth-order valence-electron chi connectivity index (χ4n) is 1.96. The molecule has 1 aliphatic rings. The van der Waals surface area contributed by atoms with Gasteiger partial charge in [0.25, 0.3) is 0 Å². The van der Waals surface area contributed by atoms with Crippen LogP contribution in [-0.2, 0) is 13.2 Å². The summed E-state index contributed by atoms with van der Waals surface area (Å²) in [4.78, 5) is 4.30. The molecule has 1 aromatic heterocycles. The van der Waals surface area contributed by atoms with E-state index in [1.54, 1.807) is 6.20 Å². The highest BCUT2D eigenvalue weighted by Gasteiger charge is 2.20. The molecule has 0 unspecified atom stereocenters. The Labute approximate surface area is 141 Å². The Hall–Kier alpha value is -0.910. The molecule has 1 heterocycles. The summed E-state index contributed by atoms with van der Waals surface area (Å²) in [5, 5.41) is 3.51. The number of rotatable bonds is 6. The first-order chi connectivity index (χ1) is 10.2. The summed E-state index contributed by atoms with van der Waals surface area (Å²) in [6, 6.07) is 10.9. The molecular weight excluding hydrogens is 396 g/mol. The standard InChI is InChI=1S/C16H16Br2N2O/c17-12-2-3-14(20-9-12)10-21-16-6-1-11(7-15(16)18)8-19-13-4-5-13/h1-3,6-7,9,13,19H,4-5,8,10H2. The average molecular weight is 412 g/mol. The zero-order chi connectivity index (χ0) is 14.7. The van der Waals surface area contributed by atoms with Crippen molar-refractivity contribution in [2.75, 3.05) is 0 Å². The Bertz CT molecular complexity index is 612. The maximum Gasteiger partial charge on any atom is 0.134 e. The Kier molecular flexibility index (Phi) is 4.93. The number of ether oxygens (including phenoxy) is 1. The first-order valence-electron chi connectivity index (χ1n) is 6.96. The summed E-state index contributed by atoms with van der Waals surface area (Å²) in [5.74, 6) is 0.842. The quantitative estimate of drug-likeness (QED) is 0.762. The van der Waals surface area contributed by atoms with Crippen molar-refractivity contribution in [3.63, 3.8) is 0 Å². The predicted molar refractivity (Wildman–Crippen MR) is 90.3 cm³/mol. The summed E-state index contributed by atoms with van der Waals surface area (Å²) < 4.78 is 7.76. The van der Waals surface area contributed by atoms with Gasteiger partial charge >= 0.3 is 0 Å². The Balaban J connectivity index is 1.58. The molecule has 110 valence electrons. The van der Waals surface area contributed by atoms with Crippen molar-refractivity contribution < 1.29 is 4.74 Å². The molecule has 1 fully saturated rings. The summed E-state index contributed by atoms with van der Waals surface area (Å²) in [5.41, 5.74) is 2.17. The van der Waals surface area contributed by atoms with Crippen molar-refractivity contribution in [3.8, 4) is 5.75 Å². The lowest BCUT2D eigenvalue weighted by atomic mass is 10.2. The number of pyridine rings is 1. The van der Waals surface area contributed by atoms with Crippen LogP contribution in [0.4, 0.5) is 0 Å². The van der Waals surface area contributed by atoms with Crippen LogP contribution in [0, 0.1) is 0 Å². The van der Waals surface area contributed by atoms with Crippen LogP contribution in [0.2, 0.25) is 0 Å². The highest BCUT2D eigenvalue weighted by atomic mass is 79.9. The second-order valence-corrected chi connectivity index (χ2v) is 6.95. The van der Waals surface area contributed by atoms with Gasteiger partial charge in [-0.1, -0.05) is 6.07 Å². The number of nitrogens with zero attached hydrogens (tertiary/aromatic N) is 1. The van der Waals surface area contributed by atoms with Gasteiger partial charge in [0.2, 0.25) is 0 Å². The SMILES string of the molecule is Brc1ccc(COc2ccc(CNC3CC3)cc2Br)nc1. The minimum atomic E-state index is 0.464. The molecule has 0 spiro atoms. The molecule has 0 bridgehead atoms. The van der Waals surface area contributed by atoms with Crippen LogP contribution in [0.15, 0.2) is 45.5 Å². The van der Waals surface area contributed by atoms with Crippen LogP contribution >= 0.6 is 31.9 Å². The Morgan fingerprint density at radius 3 is 2.71 bits per heavy atom. The maximum atomic E-state index is 5.81. The van der Waals surface area contributed by atoms with Crippen molar-refractivity contribution in [1.82, 2.24) is 10.3 Å². The molecule has 1 saturated carbocycles. The number of hydrogen-bond acceptors (Lipinski definition) is 3. The van der Waals surface area contributed by atoms with Crippen LogP contribution in [0.3, 0.4) is 0 Å². The third-order valence-corrected chi connectivity index (χ3v) is 4.42. The zero-order valence-electron chi connectivity index (χ0n) is 11.5. The topological polar surface area (TPSA) is 34.1 Å². The van der Waals surface area contributed by atoms with E-state index in [0.29, 0.717) is 6.61 Å². The van der Waals surface area contributed by atoms with Crippen molar-refractivity contribution in [3.05, 3.63) is 56.7 Å². The summed E-state index contributed by atoms with van der Waals surface area (Å²) >= 11 is 6.95. The smallest absolute Gasteiger partial charge is 0.134 e. The molecule has 2 aromatic rings. The van der Waals surface area contributed by atoms with Gasteiger partial charge in [0.15, 0.2) is 0 Å². The molecule has 0 amide bonds. The number of halogens is 2. The summed E-state index contributed by atoms with van der Waals surface area (Å²) in [6.07, 6.45) is 4.39. The van der Waals surface area contributed by atoms with Gasteiger partial charge in [-0.3, -0.25) is 4.98 Å². The maximum absolute atomic E-state index is 5.81. The first kappa shape index (κ1) is 15.0. The molecule has 0 radical (unpaired) electrons. The van der Waals surface area contributed by atoms with Gasteiger partial charge < -0.3 is 10.1 Å². The monoisotopic (exact) mass is 410 g/mol. The van der Waals surface area contributed by atoms with Gasteiger partial charge in [-0.15, -0.1) is 0 Å². The summed E-state index contributed by atoms with van der Waals surface area (Å²) in [7, 11) is 0. The average Bonchev–Trinajstić information content (AvgIpc) is 3.30. The van der Waals surface area contributed by atoms with Gasteiger partial charge in [-0.25, -0.2) is 0 Å². The summed E-state index contributed by atoms with van der Waals surface area (Å²) in [6.45, 7) is 1.38. The van der Waals surface area contributed by atoms with E-state index in [9.17, 15) is 0 Å². The van der Waals surface area contributed by atoms with E-state index in [1.807, 2.05) is 18.2 Å². The number of hydrogen-bond donors (Lipinski definition) is 1. The van der Waals surface area contributed by atoms with Crippen LogP contribution < -0.4 is 10.1 Å². The zero-order valence-corrected chi connectivity index (χ0v) is 14.7. The lowest BCUT2D eigenvalue weighted by Gasteiger charge is -2.10. The highest BCUT2D eigenvalue weighted by molar-refractivity contribution is 9.10. The predicted octanol–water partition coefficient (Wildman–Crippen LogP) is 4.44. The minimum Gasteiger partial charge on any atom is -0.486 e. The van der Waals surface area contributed by atoms with E-state index in [1.165, 1.54) is 18.4 Å². The molecular formula is C16H16Br2N2O. The molecule has 0 aliphatic heterocycles. The minimum absolute atomic E-state index is 0.464. The highest BCUT2D eigenvalue weighted by Crippen LogP contribution is 2.27. The molecule has 1 N–H and O–H groups in total. The van der Waals surface area contributed by atoms with E-state index in [-0.39, 0.29) is 0 Å². The van der Waals surface area contributed by atoms with Gasteiger partial charge in [-0.2, -0.15) is 0 Å². The van der Waals surface area contributed by atoms with Gasteiger partial charge in [0.05, 0.1) is 10.2 Å². The number of benzene rings is 1. The lowest BCUT2D eigenvalue weighted by Crippen LogP contribution is -2.15. The fraction of sp³-hybridized carbons (Fsp3) is 0.312. The number of aromatic nitrogens is 1. The molecule has 3 nitrogen and oxygen atoms in total. The van der Waals surface area contributed by atoms with Crippen LogP contribution in [0.25, 0.3) is 0 Å². The molecule has 0 saturated heterocycles. The molecule has 0 atom stereocenters. The van der Waals surface area contributed by atoms with Crippen LogP contribution in [0.5, 0.6) is 5.75 Å². The Morgan fingerprint density at radius 2 is 2.05 bits per heavy atom. The largest absolute Gasteiger partial charge is 0.486 e. The van der Waals surface area contributed by atoms with Crippen molar-refractivity contribution in [2.45, 2.75) is 32.0 Å². The fourth-order valence-corrected chi connectivity index (χ4v) is 2.74. The van der Waals surface area contributed by atoms with Crippen LogP contribution in [0.1, 0.15) is 24.1 Å². The van der Waals surface area contributed by atoms with Crippen molar-refractivity contribution in [1.29, 1.82) is 0 Å². The first-order valence-corrected chi connectivity index (χ1v) is 8.54. The van der Waals surface area contributed by atoms with Gasteiger partial charge in [0, 0.05) is 23.3 Å². The molecule has 21 heavy (non-hydrogen) atoms.